The standard InChI is InChI=1S/C13H18N4O2S/c1-4-6-11-14-9(8-20-11)7-17-10(5-2)12(15-16-17)13(18)19-3/h8H,4-7H2,1-3H3. The highest BCUT2D eigenvalue weighted by atomic mass is 32.1. The van der Waals surface area contributed by atoms with E-state index in [-0.39, 0.29) is 0 Å². The summed E-state index contributed by atoms with van der Waals surface area (Å²) in [6.07, 6.45) is 2.75. The van der Waals surface area contributed by atoms with Gasteiger partial charge < -0.3 is 4.74 Å². The van der Waals surface area contributed by atoms with Gasteiger partial charge in [-0.2, -0.15) is 0 Å². The number of hydrogen-bond donors (Lipinski definition) is 0. The van der Waals surface area contributed by atoms with Crippen molar-refractivity contribution >= 4 is 17.3 Å². The van der Waals surface area contributed by atoms with Crippen LogP contribution in [0.15, 0.2) is 5.38 Å². The number of aryl methyl sites for hydroxylation is 1. The molecule has 0 spiro atoms. The van der Waals surface area contributed by atoms with Gasteiger partial charge in [0.15, 0.2) is 5.69 Å². The minimum absolute atomic E-state index is 0.291. The number of rotatable bonds is 6. The first-order valence-corrected chi connectivity index (χ1v) is 7.51. The van der Waals surface area contributed by atoms with Crippen molar-refractivity contribution < 1.29 is 9.53 Å². The molecule has 0 unspecified atom stereocenters. The highest BCUT2D eigenvalue weighted by molar-refractivity contribution is 7.09. The fraction of sp³-hybridized carbons (Fsp3) is 0.538. The molecule has 20 heavy (non-hydrogen) atoms. The van der Waals surface area contributed by atoms with Crippen molar-refractivity contribution in [1.29, 1.82) is 0 Å². The number of hydrogen-bond acceptors (Lipinski definition) is 6. The second-order valence-electron chi connectivity index (χ2n) is 4.37. The molecule has 0 saturated heterocycles. The summed E-state index contributed by atoms with van der Waals surface area (Å²) in [4.78, 5) is 16.2. The lowest BCUT2D eigenvalue weighted by atomic mass is 10.2. The lowest BCUT2D eigenvalue weighted by Crippen LogP contribution is -2.10. The second kappa shape index (κ2) is 6.60. The summed E-state index contributed by atoms with van der Waals surface area (Å²) in [5, 5.41) is 11.1. The minimum Gasteiger partial charge on any atom is -0.464 e. The Hall–Kier alpha value is -1.76. The van der Waals surface area contributed by atoms with Gasteiger partial charge in [-0.3, -0.25) is 0 Å². The molecule has 0 amide bonds. The van der Waals surface area contributed by atoms with E-state index in [1.807, 2.05) is 12.3 Å². The van der Waals surface area contributed by atoms with Gasteiger partial charge in [0.1, 0.15) is 0 Å². The van der Waals surface area contributed by atoms with E-state index in [0.29, 0.717) is 18.7 Å². The summed E-state index contributed by atoms with van der Waals surface area (Å²) in [5.41, 5.74) is 2.02. The predicted molar refractivity (Wildman–Crippen MR) is 76.0 cm³/mol. The van der Waals surface area contributed by atoms with Gasteiger partial charge in [0.25, 0.3) is 0 Å². The molecule has 2 aromatic rings. The van der Waals surface area contributed by atoms with Crippen LogP contribution < -0.4 is 0 Å². The molecule has 0 aromatic carbocycles. The molecule has 0 aliphatic rings. The lowest BCUT2D eigenvalue weighted by Gasteiger charge is -2.03. The van der Waals surface area contributed by atoms with E-state index in [0.717, 1.165) is 29.2 Å². The zero-order valence-electron chi connectivity index (χ0n) is 11.9. The summed E-state index contributed by atoms with van der Waals surface area (Å²) in [7, 11) is 1.35. The van der Waals surface area contributed by atoms with Crippen molar-refractivity contribution in [3.63, 3.8) is 0 Å². The number of esters is 1. The molecule has 6 nitrogen and oxygen atoms in total. The van der Waals surface area contributed by atoms with Crippen LogP contribution in [0.3, 0.4) is 0 Å². The molecule has 0 radical (unpaired) electrons. The third-order valence-electron chi connectivity index (χ3n) is 2.93. The molecule has 0 fully saturated rings. The first-order valence-electron chi connectivity index (χ1n) is 6.63. The third kappa shape index (κ3) is 3.04. The number of thiazole rings is 1. The monoisotopic (exact) mass is 294 g/mol. The molecule has 2 aromatic heterocycles. The normalized spacial score (nSPS) is 10.8. The number of nitrogens with zero attached hydrogens (tertiary/aromatic N) is 4. The Labute approximate surface area is 121 Å². The molecule has 2 rings (SSSR count). The molecule has 0 atom stereocenters. The van der Waals surface area contributed by atoms with Crippen molar-refractivity contribution in [2.24, 2.45) is 0 Å². The van der Waals surface area contributed by atoms with Crippen molar-refractivity contribution in [3.05, 3.63) is 27.5 Å². The number of carbonyl (C=O) groups excluding carboxylic acids is 1. The molecule has 108 valence electrons. The zero-order chi connectivity index (χ0) is 14.5. The summed E-state index contributed by atoms with van der Waals surface area (Å²) < 4.78 is 6.43. The first-order chi connectivity index (χ1) is 9.69. The maximum Gasteiger partial charge on any atom is 0.360 e. The Kier molecular flexibility index (Phi) is 4.84. The first kappa shape index (κ1) is 14.6. The predicted octanol–water partition coefficient (Wildman–Crippen LogP) is 2.08. The van der Waals surface area contributed by atoms with E-state index in [4.69, 9.17) is 4.74 Å². The Bertz CT molecular complexity index is 591. The summed E-state index contributed by atoms with van der Waals surface area (Å²) in [5.74, 6) is -0.446. The Morgan fingerprint density at radius 3 is 2.90 bits per heavy atom. The maximum absolute atomic E-state index is 11.6. The van der Waals surface area contributed by atoms with Crippen LogP contribution in [-0.2, 0) is 24.1 Å². The fourth-order valence-electron chi connectivity index (χ4n) is 1.97. The smallest absolute Gasteiger partial charge is 0.360 e. The second-order valence-corrected chi connectivity index (χ2v) is 5.31. The zero-order valence-corrected chi connectivity index (χ0v) is 12.7. The highest BCUT2D eigenvalue weighted by Crippen LogP contribution is 2.15. The quantitative estimate of drug-likeness (QED) is 0.763. The van der Waals surface area contributed by atoms with Crippen LogP contribution in [0.1, 0.15) is 47.2 Å². The molecular weight excluding hydrogens is 276 g/mol. The molecule has 0 aliphatic heterocycles. The van der Waals surface area contributed by atoms with Crippen LogP contribution in [0.2, 0.25) is 0 Å². The minimum atomic E-state index is -0.446. The van der Waals surface area contributed by atoms with E-state index in [1.54, 1.807) is 16.0 Å². The molecule has 0 saturated carbocycles. The Morgan fingerprint density at radius 1 is 1.45 bits per heavy atom. The van der Waals surface area contributed by atoms with Gasteiger partial charge in [0, 0.05) is 5.38 Å². The molecule has 2 heterocycles. The van der Waals surface area contributed by atoms with Gasteiger partial charge in [0.2, 0.25) is 0 Å². The van der Waals surface area contributed by atoms with Crippen LogP contribution in [0.4, 0.5) is 0 Å². The van der Waals surface area contributed by atoms with E-state index >= 15 is 0 Å². The molecular formula is C13H18N4O2S. The average molecular weight is 294 g/mol. The number of aromatic nitrogens is 4. The number of ether oxygens (including phenoxy) is 1. The molecule has 0 bridgehead atoms. The van der Waals surface area contributed by atoms with Crippen molar-refractivity contribution in [2.75, 3.05) is 7.11 Å². The number of carbonyl (C=O) groups is 1. The van der Waals surface area contributed by atoms with E-state index in [9.17, 15) is 4.79 Å². The summed E-state index contributed by atoms with van der Waals surface area (Å²) in [6.45, 7) is 4.63. The van der Waals surface area contributed by atoms with Crippen LogP contribution in [0, 0.1) is 0 Å². The summed E-state index contributed by atoms with van der Waals surface area (Å²) >= 11 is 1.66. The van der Waals surface area contributed by atoms with Gasteiger partial charge in [-0.05, 0) is 19.3 Å². The van der Waals surface area contributed by atoms with Gasteiger partial charge >= 0.3 is 5.97 Å². The van der Waals surface area contributed by atoms with Crippen LogP contribution >= 0.6 is 11.3 Å². The van der Waals surface area contributed by atoms with E-state index in [1.165, 1.54) is 7.11 Å². The average Bonchev–Trinajstić information content (AvgIpc) is 3.05. The van der Waals surface area contributed by atoms with Crippen LogP contribution in [0.25, 0.3) is 0 Å². The highest BCUT2D eigenvalue weighted by Gasteiger charge is 2.19. The van der Waals surface area contributed by atoms with Crippen molar-refractivity contribution in [2.45, 2.75) is 39.7 Å². The van der Waals surface area contributed by atoms with E-state index < -0.39 is 5.97 Å². The van der Waals surface area contributed by atoms with Gasteiger partial charge in [-0.1, -0.05) is 19.1 Å². The third-order valence-corrected chi connectivity index (χ3v) is 3.88. The van der Waals surface area contributed by atoms with Crippen LogP contribution in [0.5, 0.6) is 0 Å². The fourth-order valence-corrected chi connectivity index (χ4v) is 2.86. The summed E-state index contributed by atoms with van der Waals surface area (Å²) in [6, 6.07) is 0. The van der Waals surface area contributed by atoms with Crippen LogP contribution in [-0.4, -0.2) is 33.1 Å². The largest absolute Gasteiger partial charge is 0.464 e. The number of methoxy groups -OCH3 is 1. The van der Waals surface area contributed by atoms with Crippen molar-refractivity contribution in [1.82, 2.24) is 20.0 Å². The Balaban J connectivity index is 2.20. The van der Waals surface area contributed by atoms with Gasteiger partial charge in [-0.25, -0.2) is 14.5 Å². The molecule has 7 heteroatoms. The van der Waals surface area contributed by atoms with Gasteiger partial charge in [-0.15, -0.1) is 16.4 Å². The Morgan fingerprint density at radius 2 is 2.25 bits per heavy atom. The SMILES string of the molecule is CCCc1nc(Cn2nnc(C(=O)OC)c2CC)cs1. The van der Waals surface area contributed by atoms with E-state index in [2.05, 4.69) is 22.2 Å². The lowest BCUT2D eigenvalue weighted by molar-refractivity contribution is 0.0592. The molecule has 0 aliphatic carbocycles. The van der Waals surface area contributed by atoms with Gasteiger partial charge in [0.05, 0.1) is 30.1 Å². The molecule has 0 N–H and O–H groups in total. The van der Waals surface area contributed by atoms with Crippen molar-refractivity contribution in [3.8, 4) is 0 Å². The maximum atomic E-state index is 11.6. The topological polar surface area (TPSA) is 69.9 Å².